The van der Waals surface area contributed by atoms with E-state index in [-0.39, 0.29) is 5.91 Å². The van der Waals surface area contributed by atoms with Crippen LogP contribution in [0.1, 0.15) is 30.0 Å². The minimum Gasteiger partial charge on any atom is -0.398 e. The van der Waals surface area contributed by atoms with Gasteiger partial charge < -0.3 is 11.1 Å². The number of nitrogen functional groups attached to an aromatic ring is 1. The summed E-state index contributed by atoms with van der Waals surface area (Å²) >= 11 is 0. The average Bonchev–Trinajstić information content (AvgIpc) is 2.25. The van der Waals surface area contributed by atoms with Gasteiger partial charge in [-0.3, -0.25) is 4.79 Å². The Hall–Kier alpha value is -1.77. The summed E-state index contributed by atoms with van der Waals surface area (Å²) in [4.78, 5) is 10.7. The van der Waals surface area contributed by atoms with Crippen LogP contribution >= 0.6 is 0 Å². The van der Waals surface area contributed by atoms with Crippen molar-refractivity contribution in [2.24, 2.45) is 0 Å². The van der Waals surface area contributed by atoms with Crippen LogP contribution in [0.5, 0.6) is 0 Å². The number of nitrogens with one attached hydrogen (secondary N) is 1. The van der Waals surface area contributed by atoms with Gasteiger partial charge in [0, 0.05) is 19.2 Å². The number of hydrogen-bond acceptors (Lipinski definition) is 2. The lowest BCUT2D eigenvalue weighted by Gasteiger charge is -2.06. The first kappa shape index (κ1) is 13.3. The largest absolute Gasteiger partial charge is 0.398 e. The number of carbonyl (C=O) groups is 1. The van der Waals surface area contributed by atoms with Gasteiger partial charge in [0.25, 0.3) is 0 Å². The predicted octanol–water partition coefficient (Wildman–Crippen LogP) is 2.43. The quantitative estimate of drug-likeness (QED) is 0.618. The first-order valence-corrected chi connectivity index (χ1v) is 5.78. The summed E-state index contributed by atoms with van der Waals surface area (Å²) in [5.41, 5.74) is 10.1. The Kier molecular flexibility index (Phi) is 4.76. The molecule has 1 aromatic rings. The Morgan fingerprint density at radius 3 is 2.47 bits per heavy atom. The minimum absolute atomic E-state index is 0.0116. The molecule has 1 amide bonds. The van der Waals surface area contributed by atoms with Crippen LogP contribution in [0.4, 0.5) is 5.69 Å². The Morgan fingerprint density at radius 2 is 1.94 bits per heavy atom. The first-order chi connectivity index (χ1) is 8.00. The molecular formula is C14H20N2O. The Bertz CT molecular complexity index is 413. The highest BCUT2D eigenvalue weighted by molar-refractivity contribution is 5.72. The fourth-order valence-electron chi connectivity index (χ4n) is 1.66. The van der Waals surface area contributed by atoms with Gasteiger partial charge in [-0.2, -0.15) is 0 Å². The number of nitrogens with two attached hydrogens (primary N) is 1. The first-order valence-electron chi connectivity index (χ1n) is 5.78. The third kappa shape index (κ3) is 4.31. The molecule has 0 spiro atoms. The van der Waals surface area contributed by atoms with Crippen molar-refractivity contribution in [1.82, 2.24) is 5.32 Å². The Balaban J connectivity index is 2.57. The molecule has 0 aliphatic carbocycles. The van der Waals surface area contributed by atoms with Gasteiger partial charge >= 0.3 is 0 Å². The zero-order chi connectivity index (χ0) is 12.8. The van der Waals surface area contributed by atoms with Crippen LogP contribution in [-0.2, 0) is 4.79 Å². The molecule has 0 unspecified atom stereocenters. The van der Waals surface area contributed by atoms with Crippen LogP contribution < -0.4 is 11.1 Å². The molecule has 0 bridgehead atoms. The molecule has 92 valence electrons. The van der Waals surface area contributed by atoms with Gasteiger partial charge in [0.2, 0.25) is 5.91 Å². The van der Waals surface area contributed by atoms with E-state index < -0.39 is 0 Å². The summed E-state index contributed by atoms with van der Waals surface area (Å²) in [6.45, 7) is 6.23. The standard InChI is InChI=1S/C14H20N2O/c1-10-8-13(9-11(2)14(10)15)6-4-5-7-16-12(3)17/h4,6,8-9H,5,7,15H2,1-3H3,(H,16,17). The van der Waals surface area contributed by atoms with Gasteiger partial charge in [-0.25, -0.2) is 0 Å². The summed E-state index contributed by atoms with van der Waals surface area (Å²) in [6, 6.07) is 4.13. The molecule has 17 heavy (non-hydrogen) atoms. The lowest BCUT2D eigenvalue weighted by Crippen LogP contribution is -2.20. The lowest BCUT2D eigenvalue weighted by atomic mass is 10.0. The molecule has 3 nitrogen and oxygen atoms in total. The van der Waals surface area contributed by atoms with E-state index >= 15 is 0 Å². The zero-order valence-electron chi connectivity index (χ0n) is 10.7. The molecule has 0 saturated heterocycles. The van der Waals surface area contributed by atoms with E-state index in [4.69, 9.17) is 5.73 Å². The van der Waals surface area contributed by atoms with Crippen molar-refractivity contribution in [2.75, 3.05) is 12.3 Å². The molecule has 0 fully saturated rings. The van der Waals surface area contributed by atoms with E-state index in [0.29, 0.717) is 6.54 Å². The number of hydrogen-bond donors (Lipinski definition) is 2. The normalized spacial score (nSPS) is 10.8. The van der Waals surface area contributed by atoms with Crippen LogP contribution in [0.2, 0.25) is 0 Å². The van der Waals surface area contributed by atoms with E-state index in [1.54, 1.807) is 0 Å². The third-order valence-electron chi connectivity index (χ3n) is 2.61. The third-order valence-corrected chi connectivity index (χ3v) is 2.61. The second kappa shape index (κ2) is 6.09. The van der Waals surface area contributed by atoms with Crippen molar-refractivity contribution in [3.63, 3.8) is 0 Å². The van der Waals surface area contributed by atoms with Crippen LogP contribution in [0.3, 0.4) is 0 Å². The highest BCUT2D eigenvalue weighted by atomic mass is 16.1. The maximum atomic E-state index is 10.7. The lowest BCUT2D eigenvalue weighted by molar-refractivity contribution is -0.118. The summed E-state index contributed by atoms with van der Waals surface area (Å²) in [5.74, 6) is 0.0116. The van der Waals surface area contributed by atoms with Crippen LogP contribution in [0, 0.1) is 13.8 Å². The monoisotopic (exact) mass is 232 g/mol. The number of carbonyl (C=O) groups excluding carboxylic acids is 1. The predicted molar refractivity (Wildman–Crippen MR) is 72.7 cm³/mol. The molecule has 1 aromatic carbocycles. The molecule has 1 rings (SSSR count). The van der Waals surface area contributed by atoms with Crippen molar-refractivity contribution in [2.45, 2.75) is 27.2 Å². The minimum atomic E-state index is 0.0116. The molecule has 3 heteroatoms. The van der Waals surface area contributed by atoms with E-state index in [0.717, 1.165) is 28.8 Å². The molecule has 0 atom stereocenters. The van der Waals surface area contributed by atoms with Gasteiger partial charge in [0.05, 0.1) is 0 Å². The molecule has 0 aliphatic heterocycles. The maximum absolute atomic E-state index is 10.7. The van der Waals surface area contributed by atoms with E-state index in [1.165, 1.54) is 6.92 Å². The van der Waals surface area contributed by atoms with Gasteiger partial charge in [-0.15, -0.1) is 0 Å². The van der Waals surface area contributed by atoms with Crippen LogP contribution in [-0.4, -0.2) is 12.5 Å². The fourth-order valence-corrected chi connectivity index (χ4v) is 1.66. The number of aryl methyl sites for hydroxylation is 2. The number of amides is 1. The van der Waals surface area contributed by atoms with E-state index in [1.807, 2.05) is 13.8 Å². The van der Waals surface area contributed by atoms with Gasteiger partial charge in [-0.05, 0) is 49.1 Å². The molecule has 3 N–H and O–H groups in total. The van der Waals surface area contributed by atoms with Crippen molar-refractivity contribution in [1.29, 1.82) is 0 Å². The summed E-state index contributed by atoms with van der Waals surface area (Å²) < 4.78 is 0. The highest BCUT2D eigenvalue weighted by Gasteiger charge is 1.98. The van der Waals surface area contributed by atoms with Crippen molar-refractivity contribution < 1.29 is 4.79 Å². The SMILES string of the molecule is CC(=O)NCCC=Cc1cc(C)c(N)c(C)c1. The topological polar surface area (TPSA) is 55.1 Å². The summed E-state index contributed by atoms with van der Waals surface area (Å²) in [7, 11) is 0. The molecule has 0 radical (unpaired) electrons. The molecule has 0 aromatic heterocycles. The Labute approximate surface area is 103 Å². The van der Waals surface area contributed by atoms with Crippen LogP contribution in [0.15, 0.2) is 18.2 Å². The molecular weight excluding hydrogens is 212 g/mol. The fraction of sp³-hybridized carbons (Fsp3) is 0.357. The van der Waals surface area contributed by atoms with Crippen LogP contribution in [0.25, 0.3) is 6.08 Å². The van der Waals surface area contributed by atoms with Gasteiger partial charge in [-0.1, -0.05) is 12.2 Å². The summed E-state index contributed by atoms with van der Waals surface area (Å²) in [5, 5.41) is 2.75. The number of benzene rings is 1. The highest BCUT2D eigenvalue weighted by Crippen LogP contribution is 2.19. The smallest absolute Gasteiger partial charge is 0.216 e. The average molecular weight is 232 g/mol. The van der Waals surface area contributed by atoms with Crippen molar-refractivity contribution in [3.8, 4) is 0 Å². The van der Waals surface area contributed by atoms with Crippen molar-refractivity contribution in [3.05, 3.63) is 34.9 Å². The number of rotatable bonds is 4. The maximum Gasteiger partial charge on any atom is 0.216 e. The van der Waals surface area contributed by atoms with E-state index in [9.17, 15) is 4.79 Å². The molecule has 0 aliphatic rings. The molecule has 0 heterocycles. The molecule has 0 saturated carbocycles. The van der Waals surface area contributed by atoms with Gasteiger partial charge in [0.1, 0.15) is 0 Å². The van der Waals surface area contributed by atoms with E-state index in [2.05, 4.69) is 29.6 Å². The zero-order valence-corrected chi connectivity index (χ0v) is 10.7. The Morgan fingerprint density at radius 1 is 1.35 bits per heavy atom. The second-order valence-corrected chi connectivity index (χ2v) is 4.24. The summed E-state index contributed by atoms with van der Waals surface area (Å²) in [6.07, 6.45) is 4.95. The van der Waals surface area contributed by atoms with Gasteiger partial charge in [0.15, 0.2) is 0 Å². The number of anilines is 1. The van der Waals surface area contributed by atoms with Crippen molar-refractivity contribution >= 4 is 17.7 Å². The second-order valence-electron chi connectivity index (χ2n) is 4.24.